The molecule has 0 radical (unpaired) electrons. The average molecular weight is 302 g/mol. The van der Waals surface area contributed by atoms with Gasteiger partial charge in [0.25, 0.3) is 0 Å². The van der Waals surface area contributed by atoms with E-state index in [0.29, 0.717) is 6.42 Å². The summed E-state index contributed by atoms with van der Waals surface area (Å²) in [5, 5.41) is 19.8. The quantitative estimate of drug-likeness (QED) is 0.293. The topological polar surface area (TPSA) is 58.9 Å². The molecule has 0 saturated carbocycles. The number of ether oxygens (including phenoxy) is 2. The van der Waals surface area contributed by atoms with Crippen LogP contribution in [0.2, 0.25) is 0 Å². The fraction of sp³-hybridized carbons (Fsp3) is 0.882. The molecule has 2 N–H and O–H groups in total. The lowest BCUT2D eigenvalue weighted by Crippen LogP contribution is -2.24. The van der Waals surface area contributed by atoms with Crippen molar-refractivity contribution >= 4 is 0 Å². The maximum Gasteiger partial charge on any atom is 0.147 e. The molecule has 0 saturated heterocycles. The molecule has 21 heavy (non-hydrogen) atoms. The Morgan fingerprint density at radius 3 is 2.10 bits per heavy atom. The zero-order valence-electron chi connectivity index (χ0n) is 14.0. The van der Waals surface area contributed by atoms with E-state index in [0.717, 1.165) is 32.1 Å². The molecule has 0 aromatic heterocycles. The van der Waals surface area contributed by atoms with E-state index in [2.05, 4.69) is 13.8 Å². The Morgan fingerprint density at radius 1 is 0.905 bits per heavy atom. The van der Waals surface area contributed by atoms with Crippen LogP contribution in [0.25, 0.3) is 0 Å². The third kappa shape index (κ3) is 11.9. The maximum absolute atomic E-state index is 9.94. The van der Waals surface area contributed by atoms with Crippen LogP contribution in [-0.4, -0.2) is 42.4 Å². The van der Waals surface area contributed by atoms with Crippen LogP contribution in [0.1, 0.15) is 65.2 Å². The van der Waals surface area contributed by atoms with Gasteiger partial charge >= 0.3 is 0 Å². The predicted octanol–water partition coefficient (Wildman–Crippen LogP) is 3.41. The van der Waals surface area contributed by atoms with E-state index in [-0.39, 0.29) is 12.9 Å². The fourth-order valence-electron chi connectivity index (χ4n) is 2.13. The first kappa shape index (κ1) is 20.6. The minimum Gasteiger partial charge on any atom is -0.390 e. The highest BCUT2D eigenvalue weighted by Crippen LogP contribution is 2.11. The zero-order valence-corrected chi connectivity index (χ0v) is 14.0. The normalized spacial score (nSPS) is 16.2. The molecule has 4 nitrogen and oxygen atoms in total. The van der Waals surface area contributed by atoms with Crippen molar-refractivity contribution in [3.8, 4) is 0 Å². The fourth-order valence-corrected chi connectivity index (χ4v) is 2.13. The van der Waals surface area contributed by atoms with Gasteiger partial charge in [0.05, 0.1) is 18.3 Å². The van der Waals surface area contributed by atoms with E-state index in [1.165, 1.54) is 12.8 Å². The highest BCUT2D eigenvalue weighted by atomic mass is 16.7. The molecule has 0 unspecified atom stereocenters. The Balaban J connectivity index is 4.17. The van der Waals surface area contributed by atoms with E-state index < -0.39 is 12.2 Å². The Morgan fingerprint density at radius 2 is 1.52 bits per heavy atom. The van der Waals surface area contributed by atoms with Crippen LogP contribution in [0.4, 0.5) is 0 Å². The van der Waals surface area contributed by atoms with Gasteiger partial charge in [-0.3, -0.25) is 0 Å². The smallest absolute Gasteiger partial charge is 0.147 e. The van der Waals surface area contributed by atoms with Gasteiger partial charge in [0.15, 0.2) is 0 Å². The van der Waals surface area contributed by atoms with E-state index in [9.17, 15) is 10.2 Å². The summed E-state index contributed by atoms with van der Waals surface area (Å²) in [5.41, 5.74) is 0. The minimum absolute atomic E-state index is 0.0611. The minimum atomic E-state index is -0.818. The Labute approximate surface area is 130 Å². The van der Waals surface area contributed by atoms with Gasteiger partial charge in [0, 0.05) is 7.11 Å². The molecule has 0 aromatic carbocycles. The van der Waals surface area contributed by atoms with Gasteiger partial charge in [-0.2, -0.15) is 0 Å². The summed E-state index contributed by atoms with van der Waals surface area (Å²) in [6.07, 6.45) is 10.1. The third-order valence-electron chi connectivity index (χ3n) is 3.51. The molecule has 126 valence electrons. The standard InChI is InChI=1S/C17H34O4/c1-4-6-8-10-15(21-14-20-3)12-13-17(19)16(18)11-9-7-5-2/h12-13,15-19H,4-11,14H2,1-3H3/b13-12-/t15-,16-,17-/m0/s1. The van der Waals surface area contributed by atoms with Gasteiger partial charge in [0.2, 0.25) is 0 Å². The molecule has 0 rings (SSSR count). The van der Waals surface area contributed by atoms with Crippen molar-refractivity contribution in [2.45, 2.75) is 83.5 Å². The second-order valence-electron chi connectivity index (χ2n) is 5.55. The molecule has 0 amide bonds. The third-order valence-corrected chi connectivity index (χ3v) is 3.51. The summed E-state index contributed by atoms with van der Waals surface area (Å²) in [6, 6.07) is 0. The van der Waals surface area contributed by atoms with Crippen molar-refractivity contribution in [3.05, 3.63) is 12.2 Å². The molecule has 0 aliphatic rings. The van der Waals surface area contributed by atoms with E-state index in [1.54, 1.807) is 13.2 Å². The van der Waals surface area contributed by atoms with Gasteiger partial charge in [-0.1, -0.05) is 64.5 Å². The van der Waals surface area contributed by atoms with Gasteiger partial charge in [-0.15, -0.1) is 0 Å². The lowest BCUT2D eigenvalue weighted by atomic mass is 10.0. The van der Waals surface area contributed by atoms with Crippen molar-refractivity contribution < 1.29 is 19.7 Å². The molecule has 3 atom stereocenters. The van der Waals surface area contributed by atoms with Gasteiger partial charge in [0.1, 0.15) is 6.79 Å². The summed E-state index contributed by atoms with van der Waals surface area (Å²) in [4.78, 5) is 0. The monoisotopic (exact) mass is 302 g/mol. The Kier molecular flexibility index (Phi) is 14.2. The number of methoxy groups -OCH3 is 1. The van der Waals surface area contributed by atoms with Crippen LogP contribution in [0.15, 0.2) is 12.2 Å². The van der Waals surface area contributed by atoms with E-state index in [1.807, 2.05) is 6.08 Å². The first-order valence-corrected chi connectivity index (χ1v) is 8.30. The van der Waals surface area contributed by atoms with Crippen LogP contribution in [-0.2, 0) is 9.47 Å². The summed E-state index contributed by atoms with van der Waals surface area (Å²) in [7, 11) is 1.60. The van der Waals surface area contributed by atoms with Gasteiger partial charge < -0.3 is 19.7 Å². The molecule has 0 heterocycles. The molecule has 0 bridgehead atoms. The first-order valence-electron chi connectivity index (χ1n) is 8.30. The molecule has 0 spiro atoms. The number of rotatable bonds is 14. The second kappa shape index (κ2) is 14.5. The number of unbranched alkanes of at least 4 members (excludes halogenated alkanes) is 4. The van der Waals surface area contributed by atoms with Crippen molar-refractivity contribution in [1.82, 2.24) is 0 Å². The summed E-state index contributed by atoms with van der Waals surface area (Å²) in [5.74, 6) is 0. The molecule has 4 heteroatoms. The van der Waals surface area contributed by atoms with Gasteiger partial charge in [-0.05, 0) is 12.8 Å². The van der Waals surface area contributed by atoms with Crippen LogP contribution in [0, 0.1) is 0 Å². The van der Waals surface area contributed by atoms with Gasteiger partial charge in [-0.25, -0.2) is 0 Å². The molecule has 0 aliphatic carbocycles. The van der Waals surface area contributed by atoms with Crippen LogP contribution in [0.5, 0.6) is 0 Å². The van der Waals surface area contributed by atoms with E-state index in [4.69, 9.17) is 9.47 Å². The van der Waals surface area contributed by atoms with Crippen molar-refractivity contribution in [1.29, 1.82) is 0 Å². The van der Waals surface area contributed by atoms with Crippen molar-refractivity contribution in [2.24, 2.45) is 0 Å². The molecule has 0 fully saturated rings. The Bertz CT molecular complexity index is 243. The van der Waals surface area contributed by atoms with Crippen LogP contribution < -0.4 is 0 Å². The SMILES string of the molecule is CCCCC[C@@H](/C=C\[C@H](O)[C@@H](O)CCCCC)OCOC. The van der Waals surface area contributed by atoms with Crippen LogP contribution in [0.3, 0.4) is 0 Å². The molecular weight excluding hydrogens is 268 g/mol. The molecule has 0 aliphatic heterocycles. The number of hydrogen-bond donors (Lipinski definition) is 2. The Hall–Kier alpha value is -0.420. The number of aliphatic hydroxyl groups is 2. The van der Waals surface area contributed by atoms with Crippen molar-refractivity contribution in [2.75, 3.05) is 13.9 Å². The summed E-state index contributed by atoms with van der Waals surface area (Å²) < 4.78 is 10.5. The predicted molar refractivity (Wildman–Crippen MR) is 86.2 cm³/mol. The molecule has 0 aromatic rings. The second-order valence-corrected chi connectivity index (χ2v) is 5.55. The first-order chi connectivity index (χ1) is 10.2. The van der Waals surface area contributed by atoms with E-state index >= 15 is 0 Å². The molecular formula is C17H34O4. The maximum atomic E-state index is 9.94. The largest absolute Gasteiger partial charge is 0.390 e. The highest BCUT2D eigenvalue weighted by Gasteiger charge is 2.13. The number of aliphatic hydroxyl groups excluding tert-OH is 2. The zero-order chi connectivity index (χ0) is 15.9. The lowest BCUT2D eigenvalue weighted by Gasteiger charge is -2.17. The highest BCUT2D eigenvalue weighted by molar-refractivity contribution is 4.96. The number of hydrogen-bond acceptors (Lipinski definition) is 4. The summed E-state index contributed by atoms with van der Waals surface area (Å²) in [6.45, 7) is 4.53. The van der Waals surface area contributed by atoms with Crippen molar-refractivity contribution in [3.63, 3.8) is 0 Å². The van der Waals surface area contributed by atoms with Crippen LogP contribution >= 0.6 is 0 Å². The average Bonchev–Trinajstić information content (AvgIpc) is 2.49. The lowest BCUT2D eigenvalue weighted by molar-refractivity contribution is -0.0585. The summed E-state index contributed by atoms with van der Waals surface area (Å²) >= 11 is 0.